The van der Waals surface area contributed by atoms with Crippen LogP contribution in [0.4, 0.5) is 0 Å². The summed E-state index contributed by atoms with van der Waals surface area (Å²) in [7, 11) is -3.52. The zero-order valence-electron chi connectivity index (χ0n) is 8.15. The largest absolute Gasteiger partial charge is 0.330 e. The first-order valence-corrected chi connectivity index (χ1v) is 6.46. The summed E-state index contributed by atoms with van der Waals surface area (Å²) < 4.78 is 23.8. The molecular weight excluding hydrogens is 202 g/mol. The summed E-state index contributed by atoms with van der Waals surface area (Å²) in [6.45, 7) is 1.66. The van der Waals surface area contributed by atoms with Gasteiger partial charge < -0.3 is 5.73 Å². The van der Waals surface area contributed by atoms with Crippen LogP contribution in [0.1, 0.15) is 19.3 Å². The highest BCUT2D eigenvalue weighted by Gasteiger charge is 2.50. The number of nitrogens with zero attached hydrogens (tertiary/aromatic N) is 1. The highest BCUT2D eigenvalue weighted by Crippen LogP contribution is 2.48. The molecule has 6 heteroatoms. The average Bonchev–Trinajstić information content (AvgIpc) is 2.56. The minimum absolute atomic E-state index is 0.0203. The third kappa shape index (κ3) is 1.46. The van der Waals surface area contributed by atoms with E-state index in [0.29, 0.717) is 25.6 Å². The highest BCUT2D eigenvalue weighted by molar-refractivity contribution is 7.86. The van der Waals surface area contributed by atoms with Gasteiger partial charge in [-0.1, -0.05) is 6.42 Å². The maximum atomic E-state index is 11.2. The Morgan fingerprint density at radius 2 is 2.21 bits per heavy atom. The van der Waals surface area contributed by atoms with Gasteiger partial charge in [-0.3, -0.25) is 0 Å². The molecule has 1 heterocycles. The van der Waals surface area contributed by atoms with E-state index in [1.54, 1.807) is 0 Å². The highest BCUT2D eigenvalue weighted by atomic mass is 32.2. The molecule has 2 rings (SSSR count). The van der Waals surface area contributed by atoms with Crippen molar-refractivity contribution in [1.29, 1.82) is 0 Å². The van der Waals surface area contributed by atoms with Crippen LogP contribution in [0.2, 0.25) is 0 Å². The summed E-state index contributed by atoms with van der Waals surface area (Å²) >= 11 is 0. The molecule has 0 radical (unpaired) electrons. The molecule has 2 atom stereocenters. The number of hydrogen-bond acceptors (Lipinski definition) is 3. The summed E-state index contributed by atoms with van der Waals surface area (Å²) in [5, 5.41) is 5.11. The molecule has 2 unspecified atom stereocenters. The fourth-order valence-electron chi connectivity index (χ4n) is 2.89. The molecule has 4 N–H and O–H groups in total. The molecule has 0 spiro atoms. The summed E-state index contributed by atoms with van der Waals surface area (Å²) in [6, 6.07) is 0. The summed E-state index contributed by atoms with van der Waals surface area (Å²) in [6.07, 6.45) is 3.30. The van der Waals surface area contributed by atoms with Crippen molar-refractivity contribution in [2.75, 3.05) is 19.6 Å². The lowest BCUT2D eigenvalue weighted by Crippen LogP contribution is -2.39. The topological polar surface area (TPSA) is 89.4 Å². The van der Waals surface area contributed by atoms with Crippen molar-refractivity contribution >= 4 is 10.2 Å². The van der Waals surface area contributed by atoms with E-state index in [4.69, 9.17) is 10.9 Å². The van der Waals surface area contributed by atoms with E-state index >= 15 is 0 Å². The Morgan fingerprint density at radius 3 is 2.71 bits per heavy atom. The van der Waals surface area contributed by atoms with Gasteiger partial charge in [-0.05, 0) is 25.3 Å². The molecule has 0 aromatic rings. The Kier molecular flexibility index (Phi) is 2.34. The molecule has 0 aromatic heterocycles. The fourth-order valence-corrected chi connectivity index (χ4v) is 3.72. The van der Waals surface area contributed by atoms with Gasteiger partial charge in [-0.2, -0.15) is 12.7 Å². The van der Waals surface area contributed by atoms with Gasteiger partial charge in [0.25, 0.3) is 10.2 Å². The van der Waals surface area contributed by atoms with Crippen molar-refractivity contribution in [1.82, 2.24) is 4.31 Å². The normalized spacial score (nSPS) is 38.9. The lowest BCUT2D eigenvalue weighted by Gasteiger charge is -2.26. The van der Waals surface area contributed by atoms with Gasteiger partial charge in [0.15, 0.2) is 0 Å². The van der Waals surface area contributed by atoms with Gasteiger partial charge >= 0.3 is 0 Å². The molecule has 1 saturated carbocycles. The summed E-state index contributed by atoms with van der Waals surface area (Å²) in [4.78, 5) is 0. The van der Waals surface area contributed by atoms with E-state index in [0.717, 1.165) is 12.8 Å². The predicted molar refractivity (Wildman–Crippen MR) is 53.5 cm³/mol. The molecule has 0 amide bonds. The predicted octanol–water partition coefficient (Wildman–Crippen LogP) is -0.749. The second-order valence-electron chi connectivity index (χ2n) is 4.49. The van der Waals surface area contributed by atoms with Crippen molar-refractivity contribution in [3.8, 4) is 0 Å². The van der Waals surface area contributed by atoms with Crippen LogP contribution in [0, 0.1) is 11.3 Å². The Balaban J connectivity index is 2.21. The van der Waals surface area contributed by atoms with Crippen LogP contribution in [-0.2, 0) is 10.2 Å². The minimum Gasteiger partial charge on any atom is -0.330 e. The Labute approximate surface area is 84.6 Å². The third-order valence-electron chi connectivity index (χ3n) is 3.77. The standard InChI is InChI=1S/C8H17N3O2S/c9-5-8-3-1-2-7(8)4-11(6-8)14(10,12)13/h7H,1-6,9H2,(H2,10,12,13). The Hall–Kier alpha value is -0.170. The summed E-state index contributed by atoms with van der Waals surface area (Å²) in [5.74, 6) is 0.422. The maximum Gasteiger partial charge on any atom is 0.276 e. The number of rotatable bonds is 2. The van der Waals surface area contributed by atoms with E-state index in [1.165, 1.54) is 10.7 Å². The molecule has 0 bridgehead atoms. The second kappa shape index (κ2) is 3.16. The molecule has 0 aromatic carbocycles. The smallest absolute Gasteiger partial charge is 0.276 e. The van der Waals surface area contributed by atoms with Crippen LogP contribution in [-0.4, -0.2) is 32.4 Å². The quantitative estimate of drug-likeness (QED) is 0.640. The van der Waals surface area contributed by atoms with Crippen LogP contribution in [0.3, 0.4) is 0 Å². The van der Waals surface area contributed by atoms with E-state index in [1.807, 2.05) is 0 Å². The van der Waals surface area contributed by atoms with Crippen molar-refractivity contribution in [2.24, 2.45) is 22.2 Å². The van der Waals surface area contributed by atoms with Crippen LogP contribution in [0.5, 0.6) is 0 Å². The van der Waals surface area contributed by atoms with Gasteiger partial charge in [0.1, 0.15) is 0 Å². The van der Waals surface area contributed by atoms with Gasteiger partial charge in [0, 0.05) is 18.5 Å². The lowest BCUT2D eigenvalue weighted by atomic mass is 9.81. The Bertz CT molecular complexity index is 329. The van der Waals surface area contributed by atoms with E-state index < -0.39 is 10.2 Å². The molecular formula is C8H17N3O2S. The van der Waals surface area contributed by atoms with Crippen molar-refractivity contribution in [3.63, 3.8) is 0 Å². The van der Waals surface area contributed by atoms with Gasteiger partial charge in [0.05, 0.1) is 0 Å². The van der Waals surface area contributed by atoms with Crippen LogP contribution >= 0.6 is 0 Å². The SMILES string of the molecule is NCC12CCCC1CN(S(N)(=O)=O)C2. The molecule has 82 valence electrons. The number of hydrogen-bond donors (Lipinski definition) is 2. The molecule has 1 aliphatic heterocycles. The van der Waals surface area contributed by atoms with Crippen molar-refractivity contribution < 1.29 is 8.42 Å². The average molecular weight is 219 g/mol. The van der Waals surface area contributed by atoms with Crippen molar-refractivity contribution in [3.05, 3.63) is 0 Å². The number of nitrogens with two attached hydrogens (primary N) is 2. The van der Waals surface area contributed by atoms with E-state index in [9.17, 15) is 8.42 Å². The van der Waals surface area contributed by atoms with Gasteiger partial charge in [-0.15, -0.1) is 0 Å². The second-order valence-corrected chi connectivity index (χ2v) is 6.04. The molecule has 1 saturated heterocycles. The lowest BCUT2D eigenvalue weighted by molar-refractivity contribution is 0.274. The van der Waals surface area contributed by atoms with Crippen LogP contribution in [0.25, 0.3) is 0 Å². The first-order chi connectivity index (χ1) is 6.48. The zero-order chi connectivity index (χ0) is 10.4. The maximum absolute atomic E-state index is 11.2. The summed E-state index contributed by atoms with van der Waals surface area (Å²) in [5.41, 5.74) is 5.77. The van der Waals surface area contributed by atoms with Crippen LogP contribution in [0.15, 0.2) is 0 Å². The molecule has 2 aliphatic rings. The molecule has 5 nitrogen and oxygen atoms in total. The van der Waals surface area contributed by atoms with E-state index in [2.05, 4.69) is 0 Å². The molecule has 1 aliphatic carbocycles. The minimum atomic E-state index is -3.52. The van der Waals surface area contributed by atoms with Gasteiger partial charge in [0.2, 0.25) is 0 Å². The molecule has 2 fully saturated rings. The number of fused-ring (bicyclic) bond motifs is 1. The van der Waals surface area contributed by atoms with Crippen molar-refractivity contribution in [2.45, 2.75) is 19.3 Å². The van der Waals surface area contributed by atoms with Gasteiger partial charge in [-0.25, -0.2) is 5.14 Å². The Morgan fingerprint density at radius 1 is 1.50 bits per heavy atom. The first kappa shape index (κ1) is 10.4. The third-order valence-corrected chi connectivity index (χ3v) is 4.77. The zero-order valence-corrected chi connectivity index (χ0v) is 8.96. The first-order valence-electron chi connectivity index (χ1n) is 4.96. The monoisotopic (exact) mass is 219 g/mol. The fraction of sp³-hybridized carbons (Fsp3) is 1.00. The molecule has 14 heavy (non-hydrogen) atoms. The van der Waals surface area contributed by atoms with Crippen LogP contribution < -0.4 is 10.9 Å². The van der Waals surface area contributed by atoms with E-state index in [-0.39, 0.29) is 5.41 Å².